The fourth-order valence-corrected chi connectivity index (χ4v) is 3.16. The highest BCUT2D eigenvalue weighted by molar-refractivity contribution is 9.10. The highest BCUT2D eigenvalue weighted by Crippen LogP contribution is 2.25. The first-order valence-electron chi connectivity index (χ1n) is 7.98. The highest BCUT2D eigenvalue weighted by atomic mass is 79.9. The number of benzene rings is 1. The zero-order chi connectivity index (χ0) is 17.5. The molecule has 5 nitrogen and oxygen atoms in total. The van der Waals surface area contributed by atoms with E-state index in [0.29, 0.717) is 16.1 Å². The minimum absolute atomic E-state index is 0.149. The molecule has 1 aromatic carbocycles. The molecule has 0 aliphatic heterocycles. The molecule has 0 unspecified atom stereocenters. The van der Waals surface area contributed by atoms with Crippen LogP contribution in [-0.4, -0.2) is 31.1 Å². The molecule has 0 heterocycles. The SMILES string of the molecule is C[C@H]1CCCC[C@H]1NC(=O)COC(=O)COc1ccc(F)cc1Br. The Morgan fingerprint density at radius 2 is 2.04 bits per heavy atom. The number of hydrogen-bond acceptors (Lipinski definition) is 4. The van der Waals surface area contributed by atoms with Crippen molar-refractivity contribution < 1.29 is 23.5 Å². The van der Waals surface area contributed by atoms with Crippen LogP contribution in [-0.2, 0) is 14.3 Å². The van der Waals surface area contributed by atoms with E-state index in [9.17, 15) is 14.0 Å². The molecule has 0 saturated heterocycles. The van der Waals surface area contributed by atoms with Crippen molar-refractivity contribution in [3.63, 3.8) is 0 Å². The first kappa shape index (κ1) is 18.7. The van der Waals surface area contributed by atoms with Crippen LogP contribution in [0.4, 0.5) is 4.39 Å². The van der Waals surface area contributed by atoms with E-state index in [1.54, 1.807) is 0 Å². The second-order valence-electron chi connectivity index (χ2n) is 5.96. The van der Waals surface area contributed by atoms with Gasteiger partial charge in [0.2, 0.25) is 0 Å². The molecule has 1 aliphatic rings. The molecule has 24 heavy (non-hydrogen) atoms. The molecule has 1 fully saturated rings. The van der Waals surface area contributed by atoms with Crippen molar-refractivity contribution in [1.82, 2.24) is 5.32 Å². The lowest BCUT2D eigenvalue weighted by Crippen LogP contribution is -2.43. The second-order valence-corrected chi connectivity index (χ2v) is 6.81. The third-order valence-corrected chi connectivity index (χ3v) is 4.68. The van der Waals surface area contributed by atoms with E-state index in [1.807, 2.05) is 0 Å². The Morgan fingerprint density at radius 1 is 1.29 bits per heavy atom. The summed E-state index contributed by atoms with van der Waals surface area (Å²) in [5.41, 5.74) is 0. The molecular weight excluding hydrogens is 381 g/mol. The van der Waals surface area contributed by atoms with Crippen LogP contribution < -0.4 is 10.1 Å². The van der Waals surface area contributed by atoms with Crippen molar-refractivity contribution in [2.45, 2.75) is 38.6 Å². The lowest BCUT2D eigenvalue weighted by Gasteiger charge is -2.29. The molecule has 0 spiro atoms. The number of rotatable bonds is 6. The van der Waals surface area contributed by atoms with Crippen LogP contribution in [0.15, 0.2) is 22.7 Å². The van der Waals surface area contributed by atoms with Crippen LogP contribution in [0.2, 0.25) is 0 Å². The summed E-state index contributed by atoms with van der Waals surface area (Å²) in [4.78, 5) is 23.5. The van der Waals surface area contributed by atoms with Gasteiger partial charge in [-0.1, -0.05) is 19.8 Å². The van der Waals surface area contributed by atoms with Crippen LogP contribution in [0.5, 0.6) is 5.75 Å². The van der Waals surface area contributed by atoms with Crippen molar-refractivity contribution in [2.75, 3.05) is 13.2 Å². The summed E-state index contributed by atoms with van der Waals surface area (Å²) in [7, 11) is 0. The molecule has 7 heteroatoms. The lowest BCUT2D eigenvalue weighted by molar-refractivity contribution is -0.150. The van der Waals surface area contributed by atoms with Crippen molar-refractivity contribution in [3.05, 3.63) is 28.5 Å². The van der Waals surface area contributed by atoms with Gasteiger partial charge in [0.05, 0.1) is 4.47 Å². The fourth-order valence-electron chi connectivity index (χ4n) is 2.70. The molecule has 0 aromatic heterocycles. The zero-order valence-corrected chi connectivity index (χ0v) is 15.1. The first-order valence-corrected chi connectivity index (χ1v) is 8.78. The number of esters is 1. The summed E-state index contributed by atoms with van der Waals surface area (Å²) in [5.74, 6) is -0.597. The van der Waals surface area contributed by atoms with Gasteiger partial charge in [-0.05, 0) is 52.9 Å². The van der Waals surface area contributed by atoms with Gasteiger partial charge < -0.3 is 14.8 Å². The van der Waals surface area contributed by atoms with E-state index in [2.05, 4.69) is 28.2 Å². The lowest BCUT2D eigenvalue weighted by atomic mass is 9.86. The van der Waals surface area contributed by atoms with E-state index in [0.717, 1.165) is 19.3 Å². The van der Waals surface area contributed by atoms with E-state index in [4.69, 9.17) is 9.47 Å². The number of carbonyl (C=O) groups is 2. The topological polar surface area (TPSA) is 64.6 Å². The van der Waals surface area contributed by atoms with Gasteiger partial charge in [-0.15, -0.1) is 0 Å². The van der Waals surface area contributed by atoms with Gasteiger partial charge in [-0.3, -0.25) is 4.79 Å². The second kappa shape index (κ2) is 9.01. The summed E-state index contributed by atoms with van der Waals surface area (Å²) >= 11 is 3.14. The largest absolute Gasteiger partial charge is 0.481 e. The Bertz CT molecular complexity index is 596. The molecule has 1 amide bonds. The molecule has 2 rings (SSSR count). The van der Waals surface area contributed by atoms with E-state index >= 15 is 0 Å². The Hall–Kier alpha value is -1.63. The number of amides is 1. The summed E-state index contributed by atoms with van der Waals surface area (Å²) in [6.07, 6.45) is 4.36. The smallest absolute Gasteiger partial charge is 0.344 e. The maximum absolute atomic E-state index is 13.0. The fraction of sp³-hybridized carbons (Fsp3) is 0.529. The van der Waals surface area contributed by atoms with Crippen molar-refractivity contribution >= 4 is 27.8 Å². The molecule has 1 aromatic rings. The number of nitrogens with one attached hydrogen (secondary N) is 1. The van der Waals surface area contributed by atoms with Gasteiger partial charge in [0, 0.05) is 6.04 Å². The summed E-state index contributed by atoms with van der Waals surface area (Å²) < 4.78 is 23.5. The average molecular weight is 402 g/mol. The van der Waals surface area contributed by atoms with Crippen LogP contribution >= 0.6 is 15.9 Å². The number of carbonyl (C=O) groups excluding carboxylic acids is 2. The number of ether oxygens (including phenoxy) is 2. The molecule has 0 bridgehead atoms. The third-order valence-electron chi connectivity index (χ3n) is 4.06. The van der Waals surface area contributed by atoms with Crippen molar-refractivity contribution in [3.8, 4) is 5.75 Å². The number of hydrogen-bond donors (Lipinski definition) is 1. The molecular formula is C17H21BrFNO4. The molecule has 1 saturated carbocycles. The monoisotopic (exact) mass is 401 g/mol. The first-order chi connectivity index (χ1) is 11.5. The maximum Gasteiger partial charge on any atom is 0.344 e. The zero-order valence-electron chi connectivity index (χ0n) is 13.5. The van der Waals surface area contributed by atoms with Gasteiger partial charge in [0.25, 0.3) is 5.91 Å². The minimum Gasteiger partial charge on any atom is -0.481 e. The predicted molar refractivity (Wildman–Crippen MR) is 90.1 cm³/mol. The Morgan fingerprint density at radius 3 is 2.75 bits per heavy atom. The molecule has 0 radical (unpaired) electrons. The van der Waals surface area contributed by atoms with Gasteiger partial charge in [0.1, 0.15) is 11.6 Å². The van der Waals surface area contributed by atoms with Gasteiger partial charge >= 0.3 is 5.97 Å². The quantitative estimate of drug-likeness (QED) is 0.743. The molecule has 2 atom stereocenters. The van der Waals surface area contributed by atoms with Crippen LogP contribution in [0, 0.1) is 11.7 Å². The third kappa shape index (κ3) is 5.78. The van der Waals surface area contributed by atoms with Crippen molar-refractivity contribution in [2.24, 2.45) is 5.92 Å². The van der Waals surface area contributed by atoms with Gasteiger partial charge in [0.15, 0.2) is 13.2 Å². The Labute approximate surface area is 149 Å². The van der Waals surface area contributed by atoms with Crippen LogP contribution in [0.25, 0.3) is 0 Å². The summed E-state index contributed by atoms with van der Waals surface area (Å²) in [6.45, 7) is 1.44. The average Bonchev–Trinajstić information content (AvgIpc) is 2.54. The van der Waals surface area contributed by atoms with Crippen LogP contribution in [0.3, 0.4) is 0 Å². The molecule has 132 valence electrons. The Balaban J connectivity index is 1.69. The van der Waals surface area contributed by atoms with Gasteiger partial charge in [-0.25, -0.2) is 9.18 Å². The Kier molecular flexibility index (Phi) is 7.02. The van der Waals surface area contributed by atoms with E-state index in [-0.39, 0.29) is 25.2 Å². The van der Waals surface area contributed by atoms with Crippen molar-refractivity contribution in [1.29, 1.82) is 0 Å². The molecule has 1 N–H and O–H groups in total. The van der Waals surface area contributed by atoms with Crippen LogP contribution in [0.1, 0.15) is 32.6 Å². The summed E-state index contributed by atoms with van der Waals surface area (Å²) in [5, 5.41) is 2.91. The van der Waals surface area contributed by atoms with E-state index < -0.39 is 11.8 Å². The van der Waals surface area contributed by atoms with Gasteiger partial charge in [-0.2, -0.15) is 0 Å². The minimum atomic E-state index is -0.655. The predicted octanol–water partition coefficient (Wildman–Crippen LogP) is 3.21. The highest BCUT2D eigenvalue weighted by Gasteiger charge is 2.23. The standard InChI is InChI=1S/C17H21BrFNO4/c1-11-4-2-3-5-14(11)20-16(21)9-24-17(22)10-23-15-7-6-12(19)8-13(15)18/h6-8,11,14H,2-5,9-10H2,1H3,(H,20,21)/t11-,14+/m0/s1. The number of halogens is 2. The van der Waals surface area contributed by atoms with E-state index in [1.165, 1.54) is 24.6 Å². The normalized spacial score (nSPS) is 20.3. The molecule has 1 aliphatic carbocycles. The maximum atomic E-state index is 13.0. The summed E-state index contributed by atoms with van der Waals surface area (Å²) in [6, 6.07) is 4.02.